The van der Waals surface area contributed by atoms with E-state index in [9.17, 15) is 0 Å². The van der Waals surface area contributed by atoms with Gasteiger partial charge < -0.3 is 9.72 Å². The Morgan fingerprint density at radius 2 is 1.77 bits per heavy atom. The van der Waals surface area contributed by atoms with Gasteiger partial charge in [0.25, 0.3) is 0 Å². The van der Waals surface area contributed by atoms with E-state index in [1.165, 1.54) is 12.1 Å². The maximum atomic E-state index is 15.5. The number of nitrogens with one attached hydrogen (secondary N) is 1. The van der Waals surface area contributed by atoms with E-state index in [-0.39, 0.29) is 28.9 Å². The fourth-order valence-electron chi connectivity index (χ4n) is 4.77. The van der Waals surface area contributed by atoms with Gasteiger partial charge in [0.1, 0.15) is 17.4 Å². The molecule has 1 aliphatic heterocycles. The Morgan fingerprint density at radius 3 is 2.39 bits per heavy atom. The summed E-state index contributed by atoms with van der Waals surface area (Å²) < 4.78 is 36.5. The highest BCUT2D eigenvalue weighted by Crippen LogP contribution is 2.44. The second-order valence-corrected chi connectivity index (χ2v) is 10.2. The molecule has 3 aromatic rings. The van der Waals surface area contributed by atoms with Gasteiger partial charge in [0.15, 0.2) is 0 Å². The number of hydrogen-bond acceptors (Lipinski definition) is 2. The lowest BCUT2D eigenvalue weighted by atomic mass is 9.85. The summed E-state index contributed by atoms with van der Waals surface area (Å²) in [6.45, 7) is 13.0. The molecule has 0 fully saturated rings. The maximum absolute atomic E-state index is 15.5. The monoisotopic (exact) mass is 426 g/mol. The molecule has 0 bridgehead atoms. The molecule has 1 aliphatic rings. The summed E-state index contributed by atoms with van der Waals surface area (Å²) in [6.07, 6.45) is 0.682. The number of halogens is 2. The third-order valence-electron chi connectivity index (χ3n) is 5.87. The first-order chi connectivity index (χ1) is 14.5. The van der Waals surface area contributed by atoms with E-state index >= 15 is 8.78 Å². The van der Waals surface area contributed by atoms with Gasteiger partial charge in [-0.15, -0.1) is 0 Å². The Balaban J connectivity index is 1.92. The molecule has 4 rings (SSSR count). The molecule has 31 heavy (non-hydrogen) atoms. The number of rotatable bonds is 4. The molecule has 166 valence electrons. The van der Waals surface area contributed by atoms with E-state index in [0.717, 1.165) is 35.1 Å². The van der Waals surface area contributed by atoms with Crippen LogP contribution in [0.2, 0.25) is 0 Å². The summed E-state index contributed by atoms with van der Waals surface area (Å²) in [5, 5.41) is 1.13. The molecule has 0 aliphatic carbocycles. The lowest BCUT2D eigenvalue weighted by molar-refractivity contribution is 0.0964. The number of para-hydroxylation sites is 1. The summed E-state index contributed by atoms with van der Waals surface area (Å²) in [6, 6.07) is 10.3. The van der Waals surface area contributed by atoms with Crippen molar-refractivity contribution < 1.29 is 13.5 Å². The average Bonchev–Trinajstić information content (AvgIpc) is 3.00. The number of ether oxygens (including phenoxy) is 1. The number of fused-ring (bicyclic) bond motifs is 3. The quantitative estimate of drug-likeness (QED) is 0.508. The lowest BCUT2D eigenvalue weighted by Gasteiger charge is -2.44. The molecule has 3 nitrogen and oxygen atoms in total. The molecule has 2 aromatic carbocycles. The van der Waals surface area contributed by atoms with Gasteiger partial charge in [-0.2, -0.15) is 0 Å². The van der Waals surface area contributed by atoms with Gasteiger partial charge in [0.05, 0.1) is 12.1 Å². The Hall–Kier alpha value is -2.40. The third kappa shape index (κ3) is 4.20. The number of benzene rings is 2. The molecular weight excluding hydrogens is 394 g/mol. The van der Waals surface area contributed by atoms with Crippen LogP contribution in [0.4, 0.5) is 8.78 Å². The molecule has 0 saturated carbocycles. The van der Waals surface area contributed by atoms with Gasteiger partial charge in [-0.05, 0) is 44.2 Å². The summed E-state index contributed by atoms with van der Waals surface area (Å²) in [4.78, 5) is 5.73. The van der Waals surface area contributed by atoms with E-state index in [4.69, 9.17) is 4.74 Å². The molecule has 2 heterocycles. The smallest absolute Gasteiger partial charge is 0.135 e. The molecule has 0 saturated heterocycles. The van der Waals surface area contributed by atoms with Crippen LogP contribution >= 0.6 is 0 Å². The van der Waals surface area contributed by atoms with E-state index < -0.39 is 17.7 Å². The highest BCUT2D eigenvalue weighted by Gasteiger charge is 2.40. The Kier molecular flexibility index (Phi) is 5.59. The maximum Gasteiger partial charge on any atom is 0.135 e. The third-order valence-corrected chi connectivity index (χ3v) is 5.87. The minimum absolute atomic E-state index is 0.0241. The van der Waals surface area contributed by atoms with Crippen molar-refractivity contribution in [3.05, 3.63) is 64.9 Å². The molecule has 0 spiro atoms. The fourth-order valence-corrected chi connectivity index (χ4v) is 4.77. The topological polar surface area (TPSA) is 28.3 Å². The second kappa shape index (κ2) is 7.94. The molecule has 0 radical (unpaired) electrons. The summed E-state index contributed by atoms with van der Waals surface area (Å²) in [5.74, 6) is -0.923. The number of hydrogen-bond donors (Lipinski definition) is 1. The number of H-pyrrole nitrogens is 1. The first kappa shape index (κ1) is 21.8. The van der Waals surface area contributed by atoms with Crippen molar-refractivity contribution in [3.63, 3.8) is 0 Å². The first-order valence-electron chi connectivity index (χ1n) is 11.1. The summed E-state index contributed by atoms with van der Waals surface area (Å²) in [5.41, 5.74) is 3.10. The van der Waals surface area contributed by atoms with E-state index in [1.807, 2.05) is 32.0 Å². The van der Waals surface area contributed by atoms with Crippen LogP contribution in [0.1, 0.15) is 64.4 Å². The van der Waals surface area contributed by atoms with Crippen molar-refractivity contribution >= 4 is 10.9 Å². The van der Waals surface area contributed by atoms with Crippen molar-refractivity contribution in [1.82, 2.24) is 9.88 Å². The minimum atomic E-state index is -0.571. The SMILES string of the molecule is CC(C)Oc1cc(F)c([C@@H]2c3[nH]c4ccccc4c3C[C@@H](C)N2CC(C)(C)C)c(F)c1. The Morgan fingerprint density at radius 1 is 1.13 bits per heavy atom. The standard InChI is InChI=1S/C26H32F2N2O/c1-15(2)31-17-12-20(27)23(21(28)13-17)25-24-19(18-9-7-8-10-22(18)29-24)11-16(3)30(25)14-26(4,5)6/h7-10,12-13,15-16,25,29H,11,14H2,1-6H3/t16-,25-/m1/s1. The molecule has 0 amide bonds. The van der Waals surface area contributed by atoms with Crippen molar-refractivity contribution in [3.8, 4) is 5.75 Å². The van der Waals surface area contributed by atoms with E-state index in [2.05, 4.69) is 43.6 Å². The van der Waals surface area contributed by atoms with Crippen LogP contribution in [-0.4, -0.2) is 28.6 Å². The van der Waals surface area contributed by atoms with Crippen molar-refractivity contribution in [1.29, 1.82) is 0 Å². The van der Waals surface area contributed by atoms with Gasteiger partial charge in [0.2, 0.25) is 0 Å². The van der Waals surface area contributed by atoms with Crippen LogP contribution in [-0.2, 0) is 6.42 Å². The zero-order valence-corrected chi connectivity index (χ0v) is 19.2. The van der Waals surface area contributed by atoms with Crippen molar-refractivity contribution in [2.45, 2.75) is 66.2 Å². The molecule has 5 heteroatoms. The number of aromatic nitrogens is 1. The van der Waals surface area contributed by atoms with Gasteiger partial charge in [0, 0.05) is 46.9 Å². The van der Waals surface area contributed by atoms with Crippen molar-refractivity contribution in [2.75, 3.05) is 6.54 Å². The highest BCUT2D eigenvalue weighted by molar-refractivity contribution is 5.85. The Labute approximate surface area is 183 Å². The molecule has 2 atom stereocenters. The van der Waals surface area contributed by atoms with Gasteiger partial charge >= 0.3 is 0 Å². The summed E-state index contributed by atoms with van der Waals surface area (Å²) in [7, 11) is 0. The summed E-state index contributed by atoms with van der Waals surface area (Å²) >= 11 is 0. The molecular formula is C26H32F2N2O. The van der Waals surface area contributed by atoms with E-state index in [0.29, 0.717) is 0 Å². The zero-order chi connectivity index (χ0) is 22.5. The zero-order valence-electron chi connectivity index (χ0n) is 19.2. The molecule has 0 unspecified atom stereocenters. The Bertz CT molecular complexity index is 1070. The van der Waals surface area contributed by atoms with Crippen LogP contribution in [0, 0.1) is 17.0 Å². The lowest BCUT2D eigenvalue weighted by Crippen LogP contribution is -2.46. The van der Waals surface area contributed by atoms with Gasteiger partial charge in [-0.1, -0.05) is 39.0 Å². The van der Waals surface area contributed by atoms with Crippen LogP contribution in [0.15, 0.2) is 36.4 Å². The van der Waals surface area contributed by atoms with Crippen LogP contribution in [0.5, 0.6) is 5.75 Å². The first-order valence-corrected chi connectivity index (χ1v) is 11.1. The molecule has 1 N–H and O–H groups in total. The van der Waals surface area contributed by atoms with Crippen molar-refractivity contribution in [2.24, 2.45) is 5.41 Å². The average molecular weight is 427 g/mol. The highest BCUT2D eigenvalue weighted by atomic mass is 19.1. The van der Waals surface area contributed by atoms with Crippen LogP contribution in [0.3, 0.4) is 0 Å². The fraction of sp³-hybridized carbons (Fsp3) is 0.462. The largest absolute Gasteiger partial charge is 0.491 e. The van der Waals surface area contributed by atoms with E-state index in [1.54, 1.807) is 0 Å². The predicted octanol–water partition coefficient (Wildman–Crippen LogP) is 6.62. The number of nitrogens with zero attached hydrogens (tertiary/aromatic N) is 1. The normalized spacial score (nSPS) is 19.8. The van der Waals surface area contributed by atoms with Crippen LogP contribution < -0.4 is 4.74 Å². The molecule has 1 aromatic heterocycles. The minimum Gasteiger partial charge on any atom is -0.491 e. The van der Waals surface area contributed by atoms with Gasteiger partial charge in [-0.3, -0.25) is 4.90 Å². The second-order valence-electron chi connectivity index (χ2n) is 10.2. The van der Waals surface area contributed by atoms with Crippen LogP contribution in [0.25, 0.3) is 10.9 Å². The number of aromatic amines is 1. The predicted molar refractivity (Wildman–Crippen MR) is 122 cm³/mol. The van der Waals surface area contributed by atoms with Gasteiger partial charge in [-0.25, -0.2) is 8.78 Å².